The molecule has 1 saturated heterocycles. The standard InChI is InChI=1S/C31H37N3O3/c1-18-14-20(3)26(21(4)15-18)33-28(35)31(7,8)29(36)34(27-22(5)16-19(2)17-23(27)6)30(33)32-24-10-12-25(37-9)13-11-24/h10-17,30,32H,1-9H3. The van der Waals surface area contributed by atoms with Gasteiger partial charge in [0.25, 0.3) is 0 Å². The highest BCUT2D eigenvalue weighted by Crippen LogP contribution is 2.42. The Morgan fingerprint density at radius 2 is 1.08 bits per heavy atom. The Labute approximate surface area is 220 Å². The lowest BCUT2D eigenvalue weighted by Crippen LogP contribution is -2.69. The van der Waals surface area contributed by atoms with Crippen molar-refractivity contribution < 1.29 is 14.3 Å². The molecule has 1 heterocycles. The maximum atomic E-state index is 14.2. The van der Waals surface area contributed by atoms with E-state index < -0.39 is 11.7 Å². The molecule has 3 aromatic rings. The molecule has 1 fully saturated rings. The van der Waals surface area contributed by atoms with Gasteiger partial charge in [-0.15, -0.1) is 0 Å². The fraction of sp³-hybridized carbons (Fsp3) is 0.355. The van der Waals surface area contributed by atoms with Crippen LogP contribution < -0.4 is 19.9 Å². The average Bonchev–Trinajstić information content (AvgIpc) is 2.81. The molecule has 0 unspecified atom stereocenters. The lowest BCUT2D eigenvalue weighted by molar-refractivity contribution is -0.141. The van der Waals surface area contributed by atoms with E-state index in [1.807, 2.05) is 65.8 Å². The van der Waals surface area contributed by atoms with Gasteiger partial charge >= 0.3 is 0 Å². The summed E-state index contributed by atoms with van der Waals surface area (Å²) in [5, 5.41) is 3.52. The van der Waals surface area contributed by atoms with Crippen molar-refractivity contribution in [2.75, 3.05) is 22.2 Å². The van der Waals surface area contributed by atoms with E-state index in [1.165, 1.54) is 0 Å². The molecule has 0 atom stereocenters. The molecule has 1 N–H and O–H groups in total. The molecule has 0 radical (unpaired) electrons. The molecule has 0 bridgehead atoms. The minimum absolute atomic E-state index is 0.239. The lowest BCUT2D eigenvalue weighted by atomic mass is 9.85. The summed E-state index contributed by atoms with van der Waals surface area (Å²) in [7, 11) is 1.62. The van der Waals surface area contributed by atoms with Crippen LogP contribution in [-0.4, -0.2) is 25.2 Å². The Hall–Kier alpha value is -3.80. The number of amides is 2. The first-order valence-electron chi connectivity index (χ1n) is 12.6. The van der Waals surface area contributed by atoms with Gasteiger partial charge < -0.3 is 10.1 Å². The van der Waals surface area contributed by atoms with Gasteiger partial charge in [-0.2, -0.15) is 0 Å². The maximum Gasteiger partial charge on any atom is 0.245 e. The predicted octanol–water partition coefficient (Wildman–Crippen LogP) is 6.35. The van der Waals surface area contributed by atoms with Crippen molar-refractivity contribution in [3.05, 3.63) is 81.9 Å². The van der Waals surface area contributed by atoms with Crippen molar-refractivity contribution in [3.63, 3.8) is 0 Å². The number of nitrogens with one attached hydrogen (secondary N) is 1. The van der Waals surface area contributed by atoms with Gasteiger partial charge in [-0.05, 0) is 102 Å². The summed E-state index contributed by atoms with van der Waals surface area (Å²) < 4.78 is 5.33. The molecule has 2 amide bonds. The Balaban J connectivity index is 2.00. The van der Waals surface area contributed by atoms with Crippen LogP contribution in [0.15, 0.2) is 48.5 Å². The van der Waals surface area contributed by atoms with Crippen LogP contribution in [0, 0.1) is 47.0 Å². The summed E-state index contributed by atoms with van der Waals surface area (Å²) in [5.74, 6) is 0.251. The second-order valence-corrected chi connectivity index (χ2v) is 10.7. The third kappa shape index (κ3) is 4.57. The number of nitrogens with zero attached hydrogens (tertiary/aromatic N) is 2. The quantitative estimate of drug-likeness (QED) is 0.416. The summed E-state index contributed by atoms with van der Waals surface area (Å²) in [6.07, 6.45) is -0.776. The number of benzene rings is 3. The molecule has 0 saturated carbocycles. The highest BCUT2D eigenvalue weighted by molar-refractivity contribution is 6.20. The first kappa shape index (κ1) is 26.3. The summed E-state index contributed by atoms with van der Waals surface area (Å²) >= 11 is 0. The van der Waals surface area contributed by atoms with Crippen molar-refractivity contribution in [1.82, 2.24) is 0 Å². The zero-order valence-electron chi connectivity index (χ0n) is 23.3. The highest BCUT2D eigenvalue weighted by Gasteiger charge is 2.53. The van der Waals surface area contributed by atoms with Gasteiger partial charge in [0.15, 0.2) is 6.29 Å². The number of rotatable bonds is 5. The summed E-state index contributed by atoms with van der Waals surface area (Å²) in [5.41, 5.74) is 7.32. The van der Waals surface area contributed by atoms with Crippen LogP contribution in [-0.2, 0) is 9.59 Å². The van der Waals surface area contributed by atoms with E-state index in [-0.39, 0.29) is 11.8 Å². The molecule has 37 heavy (non-hydrogen) atoms. The number of hydrogen-bond donors (Lipinski definition) is 1. The van der Waals surface area contributed by atoms with Crippen molar-refractivity contribution in [3.8, 4) is 5.75 Å². The number of hydrogen-bond acceptors (Lipinski definition) is 4. The molecule has 0 spiro atoms. The molecular weight excluding hydrogens is 462 g/mol. The van der Waals surface area contributed by atoms with Crippen LogP contribution in [0.3, 0.4) is 0 Å². The third-order valence-corrected chi connectivity index (χ3v) is 7.13. The predicted molar refractivity (Wildman–Crippen MR) is 150 cm³/mol. The van der Waals surface area contributed by atoms with Crippen molar-refractivity contribution in [2.45, 2.75) is 61.7 Å². The fourth-order valence-corrected chi connectivity index (χ4v) is 5.55. The Morgan fingerprint density at radius 3 is 1.43 bits per heavy atom. The number of carbonyl (C=O) groups excluding carboxylic acids is 2. The van der Waals surface area contributed by atoms with Gasteiger partial charge in [-0.25, -0.2) is 0 Å². The minimum Gasteiger partial charge on any atom is -0.497 e. The van der Waals surface area contributed by atoms with Crippen LogP contribution in [0.1, 0.15) is 47.2 Å². The Bertz CT molecular complexity index is 1250. The SMILES string of the molecule is COc1ccc(NC2N(c3c(C)cc(C)cc3C)C(=O)C(C)(C)C(=O)N2c2c(C)cc(C)cc2C)cc1. The van der Waals surface area contributed by atoms with E-state index in [0.29, 0.717) is 0 Å². The van der Waals surface area contributed by atoms with Gasteiger partial charge in [0.05, 0.1) is 18.5 Å². The van der Waals surface area contributed by atoms with Gasteiger partial charge in [-0.1, -0.05) is 35.4 Å². The smallest absolute Gasteiger partial charge is 0.245 e. The van der Waals surface area contributed by atoms with Crippen molar-refractivity contribution in [2.24, 2.45) is 5.41 Å². The molecule has 1 aliphatic rings. The second-order valence-electron chi connectivity index (χ2n) is 10.7. The average molecular weight is 500 g/mol. The van der Waals surface area contributed by atoms with Crippen LogP contribution >= 0.6 is 0 Å². The van der Waals surface area contributed by atoms with E-state index >= 15 is 0 Å². The van der Waals surface area contributed by atoms with Crippen LogP contribution in [0.5, 0.6) is 5.75 Å². The summed E-state index contributed by atoms with van der Waals surface area (Å²) in [4.78, 5) is 31.9. The van der Waals surface area contributed by atoms with Gasteiger partial charge in [0, 0.05) is 5.69 Å². The van der Waals surface area contributed by atoms with E-state index in [2.05, 4.69) is 29.6 Å². The van der Waals surface area contributed by atoms with Crippen LogP contribution in [0.2, 0.25) is 0 Å². The number of anilines is 3. The largest absolute Gasteiger partial charge is 0.497 e. The second kappa shape index (κ2) is 9.58. The van der Waals surface area contributed by atoms with Gasteiger partial charge in [-0.3, -0.25) is 19.4 Å². The highest BCUT2D eigenvalue weighted by atomic mass is 16.5. The molecule has 0 aliphatic carbocycles. The normalized spacial score (nSPS) is 15.8. The molecule has 4 rings (SSSR count). The molecule has 194 valence electrons. The molecule has 0 aromatic heterocycles. The molecule has 6 nitrogen and oxygen atoms in total. The molecular formula is C31H37N3O3. The summed E-state index contributed by atoms with van der Waals surface area (Å²) in [6.45, 7) is 15.6. The maximum absolute atomic E-state index is 14.2. The molecule has 3 aromatic carbocycles. The molecule has 6 heteroatoms. The lowest BCUT2D eigenvalue weighted by Gasteiger charge is -2.50. The zero-order valence-corrected chi connectivity index (χ0v) is 23.3. The minimum atomic E-state index is -1.26. The van der Waals surface area contributed by atoms with Crippen molar-refractivity contribution >= 4 is 28.9 Å². The fourth-order valence-electron chi connectivity index (χ4n) is 5.55. The topological polar surface area (TPSA) is 61.9 Å². The molecule has 1 aliphatic heterocycles. The zero-order chi connectivity index (χ0) is 27.2. The third-order valence-electron chi connectivity index (χ3n) is 7.13. The van der Waals surface area contributed by atoms with E-state index in [4.69, 9.17) is 4.74 Å². The monoisotopic (exact) mass is 499 g/mol. The first-order valence-corrected chi connectivity index (χ1v) is 12.6. The Kier molecular flexibility index (Phi) is 6.80. The number of aryl methyl sites for hydroxylation is 6. The van der Waals surface area contributed by atoms with E-state index in [0.717, 1.165) is 56.2 Å². The first-order chi connectivity index (χ1) is 17.4. The summed E-state index contributed by atoms with van der Waals surface area (Å²) in [6, 6.07) is 15.8. The van der Waals surface area contributed by atoms with Gasteiger partial charge in [0.2, 0.25) is 11.8 Å². The van der Waals surface area contributed by atoms with Crippen LogP contribution in [0.25, 0.3) is 0 Å². The number of ether oxygens (including phenoxy) is 1. The Morgan fingerprint density at radius 1 is 0.703 bits per heavy atom. The van der Waals surface area contributed by atoms with E-state index in [1.54, 1.807) is 30.8 Å². The van der Waals surface area contributed by atoms with Gasteiger partial charge in [0.1, 0.15) is 11.2 Å². The number of methoxy groups -OCH3 is 1. The van der Waals surface area contributed by atoms with E-state index in [9.17, 15) is 9.59 Å². The van der Waals surface area contributed by atoms with Crippen LogP contribution in [0.4, 0.5) is 17.1 Å². The van der Waals surface area contributed by atoms with Crippen molar-refractivity contribution in [1.29, 1.82) is 0 Å². The number of carbonyl (C=O) groups is 2.